The third-order valence-corrected chi connectivity index (χ3v) is 5.72. The van der Waals surface area contributed by atoms with Crippen LogP contribution in [0.25, 0.3) is 11.1 Å². The van der Waals surface area contributed by atoms with E-state index in [1.807, 2.05) is 30.3 Å². The Morgan fingerprint density at radius 1 is 1.04 bits per heavy atom. The molecule has 0 aromatic heterocycles. The number of benzene rings is 2. The molecule has 3 N–H and O–H groups in total. The van der Waals surface area contributed by atoms with E-state index >= 15 is 0 Å². The molecule has 0 heterocycles. The molecule has 2 rings (SSSR count). The quantitative estimate of drug-likeness (QED) is 0.528. The minimum atomic E-state index is -4.04. The Balaban J connectivity index is 2.34. The molecule has 0 saturated heterocycles. The third kappa shape index (κ3) is 4.05. The van der Waals surface area contributed by atoms with Crippen LogP contribution in [0.4, 0.5) is 0 Å². The molecule has 2 aromatic rings. The van der Waals surface area contributed by atoms with Gasteiger partial charge >= 0.3 is 0 Å². The fourth-order valence-electron chi connectivity index (χ4n) is 2.52. The molecule has 0 spiro atoms. The zero-order valence-electron chi connectivity index (χ0n) is 13.8. The first-order valence-corrected chi connectivity index (χ1v) is 8.98. The lowest BCUT2D eigenvalue weighted by atomic mass is 10.1. The second kappa shape index (κ2) is 7.75. The van der Waals surface area contributed by atoms with Gasteiger partial charge in [0.1, 0.15) is 6.04 Å². The molecule has 0 aliphatic rings. The number of sulfonamides is 1. The summed E-state index contributed by atoms with van der Waals surface area (Å²) in [5.74, 6) is -1.01. The van der Waals surface area contributed by atoms with E-state index in [0.717, 1.165) is 15.4 Å². The molecule has 0 bridgehead atoms. The van der Waals surface area contributed by atoms with Crippen molar-refractivity contribution in [1.82, 2.24) is 9.79 Å². The fourth-order valence-corrected chi connectivity index (χ4v) is 3.90. The first kappa shape index (κ1) is 19.1. The highest BCUT2D eigenvalue weighted by atomic mass is 32.2. The maximum Gasteiger partial charge on any atom is 0.264 e. The maximum absolute atomic E-state index is 12.7. The van der Waals surface area contributed by atoms with E-state index in [1.54, 1.807) is 12.1 Å². The Morgan fingerprint density at radius 2 is 1.56 bits per heavy atom. The lowest BCUT2D eigenvalue weighted by Gasteiger charge is -2.27. The number of carbonyl (C=O) groups is 1. The van der Waals surface area contributed by atoms with Gasteiger partial charge in [-0.05, 0) is 30.2 Å². The van der Waals surface area contributed by atoms with Crippen LogP contribution in [-0.4, -0.2) is 48.1 Å². The average Bonchev–Trinajstić information content (AvgIpc) is 2.62. The Kier molecular flexibility index (Phi) is 5.91. The standard InChI is InChI=1S/C17H20N2O5S/c1-12(20)16(17(21)18-22)19(2)25(23,24)15-10-8-14(9-11-15)13-6-4-3-5-7-13/h3-12,16,20,22H,1-2H3,(H,18,21)/t12-,16+/m1/s1. The summed E-state index contributed by atoms with van der Waals surface area (Å²) >= 11 is 0. The fraction of sp³-hybridized carbons (Fsp3) is 0.235. The molecule has 0 saturated carbocycles. The zero-order chi connectivity index (χ0) is 18.6. The third-order valence-electron chi connectivity index (χ3n) is 3.87. The largest absolute Gasteiger partial charge is 0.391 e. The Hall–Kier alpha value is -2.26. The highest BCUT2D eigenvalue weighted by Gasteiger charge is 2.36. The normalized spacial score (nSPS) is 14.1. The molecule has 134 valence electrons. The van der Waals surface area contributed by atoms with Crippen molar-refractivity contribution in [2.45, 2.75) is 24.0 Å². The monoisotopic (exact) mass is 364 g/mol. The summed E-state index contributed by atoms with van der Waals surface area (Å²) < 4.78 is 26.1. The highest BCUT2D eigenvalue weighted by molar-refractivity contribution is 7.89. The topological polar surface area (TPSA) is 107 Å². The van der Waals surface area contributed by atoms with E-state index in [0.29, 0.717) is 0 Å². The summed E-state index contributed by atoms with van der Waals surface area (Å²) in [6, 6.07) is 14.2. The number of hydrogen-bond acceptors (Lipinski definition) is 5. The Labute approximate surface area is 146 Å². The molecule has 0 aliphatic carbocycles. The summed E-state index contributed by atoms with van der Waals surface area (Å²) in [4.78, 5) is 11.7. The van der Waals surface area contributed by atoms with Crippen LogP contribution < -0.4 is 5.48 Å². The predicted molar refractivity (Wildman–Crippen MR) is 92.2 cm³/mol. The minimum absolute atomic E-state index is 0.0222. The molecule has 8 heteroatoms. The van der Waals surface area contributed by atoms with E-state index in [-0.39, 0.29) is 4.90 Å². The molecule has 0 aliphatic heterocycles. The van der Waals surface area contributed by atoms with E-state index in [9.17, 15) is 18.3 Å². The number of carbonyl (C=O) groups excluding carboxylic acids is 1. The van der Waals surface area contributed by atoms with Gasteiger partial charge in [-0.2, -0.15) is 4.31 Å². The van der Waals surface area contributed by atoms with E-state index in [4.69, 9.17) is 5.21 Å². The summed E-state index contributed by atoms with van der Waals surface area (Å²) in [6.45, 7) is 1.27. The molecule has 0 radical (unpaired) electrons. The van der Waals surface area contributed by atoms with E-state index in [1.165, 1.54) is 31.6 Å². The van der Waals surface area contributed by atoms with E-state index < -0.39 is 28.1 Å². The van der Waals surface area contributed by atoms with Crippen LogP contribution in [0.15, 0.2) is 59.5 Å². The SMILES string of the molecule is C[C@@H](O)[C@@H](C(=O)NO)N(C)S(=O)(=O)c1ccc(-c2ccccc2)cc1. The van der Waals surface area contributed by atoms with Crippen LogP contribution in [0, 0.1) is 0 Å². The van der Waals surface area contributed by atoms with Crippen molar-refractivity contribution in [2.24, 2.45) is 0 Å². The summed E-state index contributed by atoms with van der Waals surface area (Å²) in [5.41, 5.74) is 3.17. The molecule has 0 unspecified atom stereocenters. The molecular weight excluding hydrogens is 344 g/mol. The van der Waals surface area contributed by atoms with Crippen LogP contribution in [0.5, 0.6) is 0 Å². The van der Waals surface area contributed by atoms with Crippen LogP contribution in [0.1, 0.15) is 6.92 Å². The van der Waals surface area contributed by atoms with Crippen molar-refractivity contribution >= 4 is 15.9 Å². The van der Waals surface area contributed by atoms with Crippen molar-refractivity contribution in [3.05, 3.63) is 54.6 Å². The summed E-state index contributed by atoms with van der Waals surface area (Å²) in [6.07, 6.45) is -1.31. The van der Waals surface area contributed by atoms with Gasteiger partial charge in [0.05, 0.1) is 11.0 Å². The highest BCUT2D eigenvalue weighted by Crippen LogP contribution is 2.23. The Bertz CT molecular complexity index is 820. The maximum atomic E-state index is 12.7. The number of hydroxylamine groups is 1. The molecular formula is C17H20N2O5S. The van der Waals surface area contributed by atoms with Gasteiger partial charge in [0.2, 0.25) is 10.0 Å². The van der Waals surface area contributed by atoms with E-state index in [2.05, 4.69) is 0 Å². The summed E-state index contributed by atoms with van der Waals surface area (Å²) in [7, 11) is -2.86. The average molecular weight is 364 g/mol. The zero-order valence-corrected chi connectivity index (χ0v) is 14.6. The van der Waals surface area contributed by atoms with Gasteiger partial charge in [0.25, 0.3) is 5.91 Å². The number of aliphatic hydroxyl groups is 1. The van der Waals surface area contributed by atoms with Crippen LogP contribution in [0.2, 0.25) is 0 Å². The molecule has 2 aromatic carbocycles. The predicted octanol–water partition coefficient (Wildman–Crippen LogP) is 1.23. The number of nitrogens with one attached hydrogen (secondary N) is 1. The van der Waals surface area contributed by atoms with Gasteiger partial charge in [-0.3, -0.25) is 10.0 Å². The van der Waals surface area contributed by atoms with Crippen LogP contribution >= 0.6 is 0 Å². The van der Waals surface area contributed by atoms with Gasteiger partial charge in [-0.15, -0.1) is 0 Å². The van der Waals surface area contributed by atoms with Gasteiger partial charge in [0, 0.05) is 7.05 Å². The van der Waals surface area contributed by atoms with Crippen molar-refractivity contribution < 1.29 is 23.5 Å². The van der Waals surface area contributed by atoms with Crippen molar-refractivity contribution in [1.29, 1.82) is 0 Å². The molecule has 1 amide bonds. The van der Waals surface area contributed by atoms with Crippen molar-refractivity contribution in [2.75, 3.05) is 7.05 Å². The second-order valence-corrected chi connectivity index (χ2v) is 7.57. The lowest BCUT2D eigenvalue weighted by molar-refractivity contribution is -0.136. The van der Waals surface area contributed by atoms with Crippen molar-refractivity contribution in [3.63, 3.8) is 0 Å². The molecule has 2 atom stereocenters. The minimum Gasteiger partial charge on any atom is -0.391 e. The van der Waals surface area contributed by atoms with Crippen molar-refractivity contribution in [3.8, 4) is 11.1 Å². The first-order valence-electron chi connectivity index (χ1n) is 7.54. The number of likely N-dealkylation sites (N-methyl/N-ethyl adjacent to an activating group) is 1. The summed E-state index contributed by atoms with van der Waals surface area (Å²) in [5, 5.41) is 18.5. The molecule has 7 nitrogen and oxygen atoms in total. The molecule has 0 fully saturated rings. The lowest BCUT2D eigenvalue weighted by Crippen LogP contribution is -2.52. The number of aliphatic hydroxyl groups excluding tert-OH is 1. The van der Waals surface area contributed by atoms with Gasteiger partial charge < -0.3 is 5.11 Å². The number of amides is 1. The van der Waals surface area contributed by atoms with Gasteiger partial charge in [0.15, 0.2) is 0 Å². The number of rotatable bonds is 6. The van der Waals surface area contributed by atoms with Crippen LogP contribution in [-0.2, 0) is 14.8 Å². The second-order valence-electron chi connectivity index (χ2n) is 5.57. The Morgan fingerprint density at radius 3 is 2.04 bits per heavy atom. The smallest absolute Gasteiger partial charge is 0.264 e. The number of hydrogen-bond donors (Lipinski definition) is 3. The first-order chi connectivity index (χ1) is 11.8. The van der Waals surface area contributed by atoms with Gasteiger partial charge in [-0.1, -0.05) is 42.5 Å². The van der Waals surface area contributed by atoms with Gasteiger partial charge in [-0.25, -0.2) is 13.9 Å². The molecule has 25 heavy (non-hydrogen) atoms. The van der Waals surface area contributed by atoms with Crippen LogP contribution in [0.3, 0.4) is 0 Å². The number of nitrogens with zero attached hydrogens (tertiary/aromatic N) is 1.